The second-order valence-electron chi connectivity index (χ2n) is 8.04. The van der Waals surface area contributed by atoms with Crippen molar-refractivity contribution in [1.29, 1.82) is 10.5 Å². The van der Waals surface area contributed by atoms with Crippen molar-refractivity contribution < 1.29 is 4.92 Å². The van der Waals surface area contributed by atoms with Crippen LogP contribution in [0.15, 0.2) is 84.0 Å². The average molecular weight is 429 g/mol. The van der Waals surface area contributed by atoms with Crippen molar-refractivity contribution in [2.24, 2.45) is 11.3 Å². The molecule has 158 valence electrons. The van der Waals surface area contributed by atoms with E-state index in [1.54, 1.807) is 13.8 Å². The number of allylic oxidation sites excluding steroid dienone is 8. The predicted molar refractivity (Wildman–Crippen MR) is 126 cm³/mol. The van der Waals surface area contributed by atoms with Gasteiger partial charge >= 0.3 is 0 Å². The Kier molecular flexibility index (Phi) is 5.53. The molecule has 0 aliphatic heterocycles. The molecule has 2 aliphatic rings. The number of nitrogens with zero attached hydrogens (tertiary/aromatic N) is 3. The maximum Gasteiger partial charge on any atom is 0.270 e. The van der Waals surface area contributed by atoms with Crippen LogP contribution in [-0.4, -0.2) is 4.92 Å². The summed E-state index contributed by atoms with van der Waals surface area (Å²) in [4.78, 5) is 10.7. The molecule has 0 saturated heterocycles. The van der Waals surface area contributed by atoms with E-state index in [1.165, 1.54) is 12.1 Å². The smallest absolute Gasteiger partial charge is 0.258 e. The Morgan fingerprint density at radius 1 is 1.03 bits per heavy atom. The van der Waals surface area contributed by atoms with Crippen LogP contribution < -0.4 is 0 Å². The quantitative estimate of drug-likeness (QED) is 0.346. The molecule has 33 heavy (non-hydrogen) atoms. The van der Waals surface area contributed by atoms with Crippen molar-refractivity contribution in [3.63, 3.8) is 0 Å². The summed E-state index contributed by atoms with van der Waals surface area (Å²) >= 11 is 0. The lowest BCUT2D eigenvalue weighted by atomic mass is 9.72. The molecule has 2 aliphatic carbocycles. The summed E-state index contributed by atoms with van der Waals surface area (Å²) in [6.45, 7) is 3.59. The van der Waals surface area contributed by atoms with Gasteiger partial charge < -0.3 is 0 Å². The van der Waals surface area contributed by atoms with Crippen molar-refractivity contribution in [3.8, 4) is 24.0 Å². The first-order valence-electron chi connectivity index (χ1n) is 10.4. The van der Waals surface area contributed by atoms with E-state index in [2.05, 4.69) is 24.0 Å². The molecule has 1 atom stereocenters. The molecule has 5 heteroatoms. The number of hydrogen-bond donors (Lipinski definition) is 0. The van der Waals surface area contributed by atoms with Gasteiger partial charge in [0.15, 0.2) is 5.41 Å². The number of nitro groups is 1. The van der Waals surface area contributed by atoms with Gasteiger partial charge in [0.2, 0.25) is 0 Å². The molecule has 0 bridgehead atoms. The van der Waals surface area contributed by atoms with Crippen LogP contribution in [0.3, 0.4) is 0 Å². The summed E-state index contributed by atoms with van der Waals surface area (Å²) < 4.78 is 0. The number of non-ortho nitro benzene ring substituents is 1. The van der Waals surface area contributed by atoms with E-state index in [4.69, 9.17) is 0 Å². The van der Waals surface area contributed by atoms with Gasteiger partial charge in [-0.15, -0.1) is 0 Å². The van der Waals surface area contributed by atoms with Crippen LogP contribution in [-0.2, 0) is 0 Å². The van der Waals surface area contributed by atoms with Crippen LogP contribution in [0, 0.1) is 69.8 Å². The highest BCUT2D eigenvalue weighted by Crippen LogP contribution is 2.52. The van der Waals surface area contributed by atoms with Crippen LogP contribution >= 0.6 is 0 Å². The molecule has 0 saturated carbocycles. The Balaban J connectivity index is 1.77. The summed E-state index contributed by atoms with van der Waals surface area (Å²) in [5.41, 5.74) is 3.96. The lowest BCUT2D eigenvalue weighted by Gasteiger charge is -2.23. The Bertz CT molecular complexity index is 1390. The minimum atomic E-state index is -1.36. The van der Waals surface area contributed by atoms with Gasteiger partial charge in [0.25, 0.3) is 5.69 Å². The van der Waals surface area contributed by atoms with Crippen molar-refractivity contribution in [2.75, 3.05) is 0 Å². The van der Waals surface area contributed by atoms with E-state index >= 15 is 0 Å². The molecular formula is C28H19N3O2. The molecule has 0 fully saturated rings. The minimum absolute atomic E-state index is 0.0382. The highest BCUT2D eigenvalue weighted by molar-refractivity contribution is 5.83. The fourth-order valence-electron chi connectivity index (χ4n) is 4.33. The first-order chi connectivity index (χ1) is 15.9. The molecule has 0 heterocycles. The van der Waals surface area contributed by atoms with Crippen molar-refractivity contribution in [1.82, 2.24) is 0 Å². The summed E-state index contributed by atoms with van der Waals surface area (Å²) in [6.07, 6.45) is 9.43. The van der Waals surface area contributed by atoms with Gasteiger partial charge in [0, 0.05) is 29.2 Å². The molecule has 5 nitrogen and oxygen atoms in total. The summed E-state index contributed by atoms with van der Waals surface area (Å²) in [7, 11) is 0. The number of hydrogen-bond acceptors (Lipinski definition) is 4. The predicted octanol–water partition coefficient (Wildman–Crippen LogP) is 5.73. The number of rotatable bonds is 2. The molecule has 1 unspecified atom stereocenters. The average Bonchev–Trinajstić information content (AvgIpc) is 2.96. The molecule has 0 aromatic heterocycles. The van der Waals surface area contributed by atoms with E-state index in [-0.39, 0.29) is 5.69 Å². The first-order valence-corrected chi connectivity index (χ1v) is 10.4. The van der Waals surface area contributed by atoms with Crippen molar-refractivity contribution in [2.45, 2.75) is 13.8 Å². The summed E-state index contributed by atoms with van der Waals surface area (Å²) in [6, 6.07) is 17.1. The Morgan fingerprint density at radius 2 is 1.70 bits per heavy atom. The van der Waals surface area contributed by atoms with Gasteiger partial charge in [-0.1, -0.05) is 66.5 Å². The molecule has 0 N–H and O–H groups in total. The molecule has 4 rings (SSSR count). The monoisotopic (exact) mass is 429 g/mol. The zero-order valence-electron chi connectivity index (χ0n) is 18.2. The van der Waals surface area contributed by atoms with Gasteiger partial charge in [-0.3, -0.25) is 10.1 Å². The topological polar surface area (TPSA) is 90.7 Å². The normalized spacial score (nSPS) is 17.7. The second-order valence-corrected chi connectivity index (χ2v) is 8.04. The highest BCUT2D eigenvalue weighted by atomic mass is 16.6. The van der Waals surface area contributed by atoms with E-state index < -0.39 is 16.3 Å². The van der Waals surface area contributed by atoms with Crippen LogP contribution in [0.25, 0.3) is 5.57 Å². The van der Waals surface area contributed by atoms with Crippen molar-refractivity contribution in [3.05, 3.63) is 116 Å². The van der Waals surface area contributed by atoms with Gasteiger partial charge in [-0.05, 0) is 47.8 Å². The number of fused-ring (bicyclic) bond motifs is 1. The molecule has 0 spiro atoms. The van der Waals surface area contributed by atoms with Crippen LogP contribution in [0.4, 0.5) is 5.69 Å². The lowest BCUT2D eigenvalue weighted by molar-refractivity contribution is -0.385. The van der Waals surface area contributed by atoms with Crippen LogP contribution in [0.1, 0.15) is 22.3 Å². The number of nitriles is 2. The molecule has 0 amide bonds. The van der Waals surface area contributed by atoms with E-state index in [0.29, 0.717) is 11.1 Å². The van der Waals surface area contributed by atoms with E-state index in [0.717, 1.165) is 27.8 Å². The van der Waals surface area contributed by atoms with Gasteiger partial charge in [-0.25, -0.2) is 0 Å². The lowest BCUT2D eigenvalue weighted by Crippen LogP contribution is -2.24. The summed E-state index contributed by atoms with van der Waals surface area (Å²) in [5, 5.41) is 31.4. The SMILES string of the molecule is Cc1cc([N+](=O)[O-])cc(C)c1C#CC1=CC2C(=CC=C1)C=C(c1ccccc1)C2(C#N)C#N. The van der Waals surface area contributed by atoms with Gasteiger partial charge in [0.1, 0.15) is 0 Å². The van der Waals surface area contributed by atoms with Crippen LogP contribution in [0.2, 0.25) is 0 Å². The Labute approximate surface area is 192 Å². The highest BCUT2D eigenvalue weighted by Gasteiger charge is 2.48. The largest absolute Gasteiger partial charge is 0.270 e. The fraction of sp³-hybridized carbons (Fsp3) is 0.143. The standard InChI is InChI=1S/C28H19N3O2/c1-19-13-24(31(32)33)14-20(2)25(19)12-11-21-7-6-10-23-16-27(22-8-4-3-5-9-22)28(17-29,18-30)26(23)15-21/h3-10,13-16,26H,1-2H3. The second kappa shape index (κ2) is 8.46. The minimum Gasteiger partial charge on any atom is -0.258 e. The third-order valence-electron chi connectivity index (χ3n) is 5.97. The third-order valence-corrected chi connectivity index (χ3v) is 5.97. The maximum absolute atomic E-state index is 11.1. The third kappa shape index (κ3) is 3.76. The van der Waals surface area contributed by atoms with E-state index in [9.17, 15) is 20.6 Å². The molecule has 2 aromatic carbocycles. The Hall–Kier alpha value is -4.66. The number of benzene rings is 2. The zero-order valence-corrected chi connectivity index (χ0v) is 18.2. The van der Waals surface area contributed by atoms with E-state index in [1.807, 2.05) is 60.7 Å². The molecule has 2 aromatic rings. The number of aryl methyl sites for hydroxylation is 2. The summed E-state index contributed by atoms with van der Waals surface area (Å²) in [5.74, 6) is 5.82. The fourth-order valence-corrected chi connectivity index (χ4v) is 4.33. The van der Waals surface area contributed by atoms with Crippen molar-refractivity contribution >= 4 is 11.3 Å². The number of nitro benzene ring substituents is 1. The molecular weight excluding hydrogens is 410 g/mol. The molecule has 0 radical (unpaired) electrons. The first kappa shape index (κ1) is 21.6. The van der Waals surface area contributed by atoms with Gasteiger partial charge in [-0.2, -0.15) is 10.5 Å². The van der Waals surface area contributed by atoms with Crippen LogP contribution in [0.5, 0.6) is 0 Å². The van der Waals surface area contributed by atoms with Gasteiger partial charge in [0.05, 0.1) is 17.1 Å². The zero-order chi connectivity index (χ0) is 23.6. The Morgan fingerprint density at radius 3 is 2.30 bits per heavy atom. The maximum atomic E-state index is 11.1.